The molecule has 0 spiro atoms. The highest BCUT2D eigenvalue weighted by atomic mass is 35.5. The van der Waals surface area contributed by atoms with E-state index < -0.39 is 23.6 Å². The van der Waals surface area contributed by atoms with Gasteiger partial charge in [-0.2, -0.15) is 13.2 Å². The predicted octanol–water partition coefficient (Wildman–Crippen LogP) is 7.63. The molecule has 0 radical (unpaired) electrons. The second-order valence-corrected chi connectivity index (χ2v) is 11.5. The monoisotopic (exact) mass is 636 g/mol. The van der Waals surface area contributed by atoms with Crippen molar-refractivity contribution in [1.82, 2.24) is 10.3 Å². The molecule has 5 rings (SSSR count). The summed E-state index contributed by atoms with van der Waals surface area (Å²) >= 11 is 14.0. The molecule has 2 aliphatic rings. The second-order valence-electron chi connectivity index (χ2n) is 9.76. The van der Waals surface area contributed by atoms with Gasteiger partial charge in [0, 0.05) is 53.2 Å². The molecule has 1 amide bonds. The van der Waals surface area contributed by atoms with Crippen molar-refractivity contribution in [1.29, 1.82) is 0 Å². The number of ether oxygens (including phenoxy) is 1. The summed E-state index contributed by atoms with van der Waals surface area (Å²) in [5, 5.41) is 7.16. The molecular weight excluding hydrogens is 612 g/mol. The molecule has 1 aromatic heterocycles. The van der Waals surface area contributed by atoms with Gasteiger partial charge < -0.3 is 15.0 Å². The quantitative estimate of drug-likeness (QED) is 0.205. The maximum Gasteiger partial charge on any atom is 0.416 e. The normalized spacial score (nSPS) is 16.6. The smallest absolute Gasteiger partial charge is 0.416 e. The third-order valence-electron chi connectivity index (χ3n) is 6.83. The number of thiazole rings is 1. The number of rotatable bonds is 7. The molecule has 0 bridgehead atoms. The van der Waals surface area contributed by atoms with E-state index in [1.165, 1.54) is 24.3 Å². The molecule has 220 valence electrons. The molecule has 2 N–H and O–H groups in total. The van der Waals surface area contributed by atoms with Crippen LogP contribution in [-0.4, -0.2) is 36.6 Å². The van der Waals surface area contributed by atoms with E-state index in [0.717, 1.165) is 42.1 Å². The Morgan fingerprint density at radius 3 is 2.64 bits per heavy atom. The summed E-state index contributed by atoms with van der Waals surface area (Å²) in [6, 6.07) is 7.77. The molecule has 7 nitrogen and oxygen atoms in total. The highest BCUT2D eigenvalue weighted by Crippen LogP contribution is 2.43. The molecule has 0 saturated carbocycles. The van der Waals surface area contributed by atoms with E-state index in [2.05, 4.69) is 15.6 Å². The Morgan fingerprint density at radius 2 is 1.98 bits per heavy atom. The van der Waals surface area contributed by atoms with Gasteiger partial charge in [0.2, 0.25) is 0 Å². The van der Waals surface area contributed by atoms with Crippen LogP contribution in [0.5, 0.6) is 0 Å². The Morgan fingerprint density at radius 1 is 1.24 bits per heavy atom. The van der Waals surface area contributed by atoms with Crippen molar-refractivity contribution in [2.75, 3.05) is 29.9 Å². The zero-order valence-electron chi connectivity index (χ0n) is 22.4. The van der Waals surface area contributed by atoms with E-state index in [1.54, 1.807) is 19.9 Å². The van der Waals surface area contributed by atoms with Gasteiger partial charge in [-0.05, 0) is 50.6 Å². The minimum atomic E-state index is -4.52. The van der Waals surface area contributed by atoms with Gasteiger partial charge in [-0.3, -0.25) is 10.1 Å². The number of hydrogen-bond donors (Lipinski definition) is 2. The van der Waals surface area contributed by atoms with Gasteiger partial charge in [-0.1, -0.05) is 46.7 Å². The van der Waals surface area contributed by atoms with Crippen LogP contribution in [0.3, 0.4) is 0 Å². The number of hydrogen-bond acceptors (Lipinski definition) is 7. The summed E-state index contributed by atoms with van der Waals surface area (Å²) in [6.45, 7) is 4.99. The van der Waals surface area contributed by atoms with Crippen molar-refractivity contribution in [3.63, 3.8) is 0 Å². The number of fused-ring (bicyclic) bond motifs is 1. The maximum absolute atomic E-state index is 13.5. The van der Waals surface area contributed by atoms with Crippen LogP contribution in [0.2, 0.25) is 10.0 Å². The van der Waals surface area contributed by atoms with Gasteiger partial charge in [0.05, 0.1) is 22.2 Å². The molecule has 42 heavy (non-hydrogen) atoms. The van der Waals surface area contributed by atoms with E-state index in [1.807, 2.05) is 11.1 Å². The third kappa shape index (κ3) is 6.28. The van der Waals surface area contributed by atoms with E-state index in [-0.39, 0.29) is 38.5 Å². The molecule has 1 unspecified atom stereocenters. The molecule has 2 aliphatic heterocycles. The number of aromatic nitrogens is 1. The summed E-state index contributed by atoms with van der Waals surface area (Å²) in [4.78, 5) is 31.7. The zero-order chi connectivity index (χ0) is 30.2. The first kappa shape index (κ1) is 29.9. The van der Waals surface area contributed by atoms with Gasteiger partial charge in [0.1, 0.15) is 10.7 Å². The lowest BCUT2D eigenvalue weighted by Crippen LogP contribution is -2.16. The van der Waals surface area contributed by atoms with Crippen molar-refractivity contribution in [3.8, 4) is 11.3 Å². The lowest BCUT2D eigenvalue weighted by atomic mass is 10.1. The Balaban J connectivity index is 1.46. The number of halogens is 5. The first-order chi connectivity index (χ1) is 19.9. The van der Waals surface area contributed by atoms with Crippen molar-refractivity contribution >= 4 is 62.6 Å². The Hall–Kier alpha value is -3.54. The average Bonchev–Trinajstić information content (AvgIpc) is 3.65. The Kier molecular flexibility index (Phi) is 8.54. The number of amides is 1. The molecular formula is C29H25Cl2F3N4O3S. The van der Waals surface area contributed by atoms with Gasteiger partial charge in [-0.15, -0.1) is 0 Å². The lowest BCUT2D eigenvalue weighted by Gasteiger charge is -2.17. The highest BCUT2D eigenvalue weighted by Gasteiger charge is 2.34. The first-order valence-corrected chi connectivity index (χ1v) is 14.6. The number of carbonyl (C=O) groups excluding carboxylic acids is 2. The molecule has 3 aromatic rings. The van der Waals surface area contributed by atoms with Gasteiger partial charge in [-0.25, -0.2) is 9.78 Å². The van der Waals surface area contributed by atoms with E-state index in [9.17, 15) is 22.8 Å². The Labute approximate surface area is 254 Å². The summed E-state index contributed by atoms with van der Waals surface area (Å²) in [6.07, 6.45) is -0.143. The molecule has 2 aromatic carbocycles. The molecule has 13 heteroatoms. The number of nitrogens with one attached hydrogen (secondary N) is 2. The number of benzene rings is 2. The fraction of sp³-hybridized carbons (Fsp3) is 0.276. The van der Waals surface area contributed by atoms with Crippen LogP contribution in [0.4, 0.5) is 23.3 Å². The minimum absolute atomic E-state index is 0.135. The van der Waals surface area contributed by atoms with E-state index >= 15 is 0 Å². The number of alkyl halides is 3. The van der Waals surface area contributed by atoms with Gasteiger partial charge in [0.25, 0.3) is 5.91 Å². The van der Waals surface area contributed by atoms with Crippen LogP contribution >= 0.6 is 34.5 Å². The number of nitrogens with zero attached hydrogens (tertiary/aromatic N) is 2. The second kappa shape index (κ2) is 12.0. The lowest BCUT2D eigenvalue weighted by molar-refractivity contribution is -0.138. The summed E-state index contributed by atoms with van der Waals surface area (Å²) in [5.41, 5.74) is 1.65. The van der Waals surface area contributed by atoms with Crippen LogP contribution in [0, 0.1) is 5.92 Å². The molecule has 0 aliphatic carbocycles. The van der Waals surface area contributed by atoms with Crippen molar-refractivity contribution in [3.05, 3.63) is 80.6 Å². The first-order valence-electron chi connectivity index (χ1n) is 13.0. The third-order valence-corrected chi connectivity index (χ3v) is 8.46. The fourth-order valence-corrected chi connectivity index (χ4v) is 6.33. The SMILES string of the molecule is CCOC(=O)/C(C)=C/c1c(Cl)cc(C(=O)Nc2nc(-c3cccc(C(F)(F)F)c3)c(N3C=C4NCCC4C3)s2)cc1Cl. The van der Waals surface area contributed by atoms with Crippen LogP contribution in [-0.2, 0) is 15.7 Å². The van der Waals surface area contributed by atoms with E-state index in [0.29, 0.717) is 28.7 Å². The summed E-state index contributed by atoms with van der Waals surface area (Å²) in [7, 11) is 0. The molecule has 3 heterocycles. The number of carbonyl (C=O) groups is 2. The summed E-state index contributed by atoms with van der Waals surface area (Å²) < 4.78 is 45.5. The summed E-state index contributed by atoms with van der Waals surface area (Å²) in [5.74, 6) is -0.787. The number of anilines is 2. The average molecular weight is 638 g/mol. The van der Waals surface area contributed by atoms with Crippen LogP contribution in [0.15, 0.2) is 53.9 Å². The van der Waals surface area contributed by atoms with Crippen LogP contribution < -0.4 is 15.5 Å². The van der Waals surface area contributed by atoms with Crippen LogP contribution in [0.25, 0.3) is 17.3 Å². The largest absolute Gasteiger partial charge is 0.463 e. The predicted molar refractivity (Wildman–Crippen MR) is 159 cm³/mol. The molecule has 1 atom stereocenters. The van der Waals surface area contributed by atoms with Crippen molar-refractivity contribution in [2.24, 2.45) is 5.92 Å². The Bertz CT molecular complexity index is 1600. The molecule has 1 saturated heterocycles. The van der Waals surface area contributed by atoms with Crippen molar-refractivity contribution in [2.45, 2.75) is 26.4 Å². The standard InChI is InChI=1S/C29H25Cl2F3N4O3S/c1-3-41-27(40)15(2)9-20-21(30)11-18(12-22(20)31)25(39)37-28-36-24(16-5-4-6-19(10-16)29(32,33)34)26(42-28)38-13-17-7-8-35-23(17)14-38/h4-6,9-12,14,17,35H,3,7-8,13H2,1-2H3,(H,36,37,39)/b15-9+. The van der Waals surface area contributed by atoms with Gasteiger partial charge in [0.15, 0.2) is 5.13 Å². The number of esters is 1. The fourth-order valence-electron chi connectivity index (χ4n) is 4.76. The molecule has 1 fully saturated rings. The minimum Gasteiger partial charge on any atom is -0.463 e. The maximum atomic E-state index is 13.5. The highest BCUT2D eigenvalue weighted by molar-refractivity contribution is 7.20. The van der Waals surface area contributed by atoms with Crippen LogP contribution in [0.1, 0.15) is 41.8 Å². The van der Waals surface area contributed by atoms with Gasteiger partial charge >= 0.3 is 12.1 Å². The van der Waals surface area contributed by atoms with E-state index in [4.69, 9.17) is 27.9 Å². The topological polar surface area (TPSA) is 83.6 Å². The van der Waals surface area contributed by atoms with Crippen molar-refractivity contribution < 1.29 is 27.5 Å². The zero-order valence-corrected chi connectivity index (χ0v) is 24.8.